The molecule has 16 fully saturated rings. The number of allylic oxidation sites excluding steroid dienone is 1. The molecule has 1 radical (unpaired) electrons. The van der Waals surface area contributed by atoms with Gasteiger partial charge in [-0.05, 0) is 299 Å². The fourth-order valence-corrected chi connectivity index (χ4v) is 25.3. The predicted octanol–water partition coefficient (Wildman–Crippen LogP) is 15.6. The van der Waals surface area contributed by atoms with Crippen LogP contribution in [0.4, 0.5) is 0 Å². The van der Waals surface area contributed by atoms with Gasteiger partial charge in [0.05, 0.1) is 110 Å². The van der Waals surface area contributed by atoms with Crippen LogP contribution in [0.15, 0.2) is 55.1 Å². The Morgan fingerprint density at radius 3 is 1.31 bits per heavy atom. The fraction of sp³-hybridized carbons (Fsp3) is 0.901. The van der Waals surface area contributed by atoms with Crippen molar-refractivity contribution in [3.05, 3.63) is 60.7 Å². The molecule has 0 amide bonds. The molecule has 27 atom stereocenters. The molecule has 12 saturated carbocycles. The average molecular weight is 1810 g/mol. The third-order valence-corrected chi connectivity index (χ3v) is 36.3. The van der Waals surface area contributed by atoms with Crippen LogP contribution in [0.5, 0.6) is 0 Å². The number of hydrogen-bond donors (Lipinski definition) is 9. The Labute approximate surface area is 763 Å². The average Bonchev–Trinajstić information content (AvgIpc) is 1.54. The molecule has 17 rings (SSSR count). The number of likely N-dealkylation sites (tertiary alicyclic amines) is 1. The molecule has 15 unspecified atom stereocenters. The number of benzene rings is 1. The van der Waals surface area contributed by atoms with Gasteiger partial charge in [-0.3, -0.25) is 19.6 Å². The molecule has 0 bridgehead atoms. The van der Waals surface area contributed by atoms with Crippen LogP contribution in [0, 0.1) is 151 Å². The first-order valence-corrected chi connectivity index (χ1v) is 47.7. The van der Waals surface area contributed by atoms with Crippen molar-refractivity contribution < 1.29 is 111 Å². The number of aliphatic hydroxyl groups is 9. The number of hydrogen-bond acceptors (Lipinski definition) is 18. The maximum absolute atomic E-state index is 10.8. The summed E-state index contributed by atoms with van der Waals surface area (Å²) in [5.41, 5.74) is 1.37. The third-order valence-electron chi connectivity index (χ3n) is 36.3. The number of aliphatic hydroxyl groups excluding tert-OH is 4. The quantitative estimate of drug-likeness (QED) is 0.0884. The first kappa shape index (κ1) is 103. The van der Waals surface area contributed by atoms with E-state index < -0.39 is 34.1 Å². The van der Waals surface area contributed by atoms with E-state index in [1.165, 1.54) is 37.7 Å². The second-order valence-electron chi connectivity index (χ2n) is 46.8. The molecule has 689 valence electrons. The number of rotatable bonds is 12. The van der Waals surface area contributed by atoms with Gasteiger partial charge in [-0.1, -0.05) is 152 Å². The number of methoxy groups -OCH3 is 1. The van der Waals surface area contributed by atoms with Crippen molar-refractivity contribution in [1.82, 2.24) is 19.6 Å². The minimum absolute atomic E-state index is 0. The Hall–Kier alpha value is -0.656. The summed E-state index contributed by atoms with van der Waals surface area (Å²) in [6.45, 7) is 71.2. The van der Waals surface area contributed by atoms with Gasteiger partial charge >= 0.3 is 0 Å². The van der Waals surface area contributed by atoms with Crippen molar-refractivity contribution in [2.45, 2.75) is 363 Å². The summed E-state index contributed by atoms with van der Waals surface area (Å²) in [5, 5.41) is 91.8. The Morgan fingerprint density at radius 1 is 0.475 bits per heavy atom. The van der Waals surface area contributed by atoms with Crippen molar-refractivity contribution in [3.8, 4) is 0 Å². The zero-order chi connectivity index (χ0) is 88.2. The maximum atomic E-state index is 10.8. The molecule has 0 spiro atoms. The molecule has 4 heterocycles. The Kier molecular flexibility index (Phi) is 34.2. The molecule has 120 heavy (non-hydrogen) atoms. The smallest absolute Gasteiger partial charge is 0.0942 e. The summed E-state index contributed by atoms with van der Waals surface area (Å²) in [6.07, 6.45) is 18.8. The van der Waals surface area contributed by atoms with Crippen LogP contribution in [0.2, 0.25) is 0 Å². The van der Waals surface area contributed by atoms with E-state index in [0.717, 1.165) is 222 Å². The van der Waals surface area contributed by atoms with Gasteiger partial charge in [0.25, 0.3) is 0 Å². The minimum atomic E-state index is -0.838. The molecular formula is C101H178N4O14Pr. The van der Waals surface area contributed by atoms with E-state index in [1.807, 2.05) is 72.1 Å². The second kappa shape index (κ2) is 39.8. The van der Waals surface area contributed by atoms with Crippen molar-refractivity contribution in [2.75, 3.05) is 106 Å². The van der Waals surface area contributed by atoms with Crippen molar-refractivity contribution in [1.29, 1.82) is 0 Å². The zero-order valence-electron chi connectivity index (χ0n) is 80.3. The van der Waals surface area contributed by atoms with Gasteiger partial charge in [-0.15, -0.1) is 6.58 Å². The number of nitrogens with zero attached hydrogens (tertiary/aromatic N) is 4. The fourth-order valence-electron chi connectivity index (χ4n) is 25.3. The largest absolute Gasteiger partial charge is 0.393 e. The van der Waals surface area contributed by atoms with Crippen LogP contribution in [-0.4, -0.2) is 253 Å². The molecule has 9 N–H and O–H groups in total. The zero-order valence-corrected chi connectivity index (χ0v) is 84.0. The van der Waals surface area contributed by atoms with Gasteiger partial charge in [-0.2, -0.15) is 0 Å². The van der Waals surface area contributed by atoms with Crippen LogP contribution in [-0.2, 0) is 23.7 Å². The van der Waals surface area contributed by atoms with E-state index >= 15 is 0 Å². The van der Waals surface area contributed by atoms with Crippen molar-refractivity contribution in [2.24, 2.45) is 109 Å². The molecular weight excluding hydrogens is 1630 g/mol. The van der Waals surface area contributed by atoms with E-state index in [0.29, 0.717) is 75.2 Å². The van der Waals surface area contributed by atoms with Crippen LogP contribution < -0.4 is 0 Å². The second-order valence-corrected chi connectivity index (χ2v) is 46.8. The third kappa shape index (κ3) is 23.6. The van der Waals surface area contributed by atoms with Crippen LogP contribution >= 0.6 is 0 Å². The SMILES string of the molecule is C=C(C)C1CC[C@@](C)(O)C(N2CCOCC2)C1.C=CCOC1(C)C[C@H]2[C@@H](CC1O)C2(C)C.CC1(C)C[C@H]2[C@@H](CC1O)C2(C)C.CC1(O)C[C@H]2[C@@H](CC1N1CCOCC1)C2(C)C.CC1(O)C[C@H]2[C@@H](CC1O)C2(C)C.CC1C[C@@H]2[C@H](CC1(C)O)C2(C)C.COC1(C(C)C)CCC(C)(O)C(N2CCOCC2)C1.C[C@H](C(O)c1ccccc1)N1CCCC1.[Pr]. The van der Waals surface area contributed by atoms with Gasteiger partial charge in [-0.25, -0.2) is 0 Å². The van der Waals surface area contributed by atoms with E-state index in [1.54, 1.807) is 13.0 Å². The molecule has 1 aromatic rings. The number of ether oxygens (including phenoxy) is 5. The van der Waals surface area contributed by atoms with E-state index in [2.05, 4.69) is 150 Å². The minimum Gasteiger partial charge on any atom is -0.393 e. The summed E-state index contributed by atoms with van der Waals surface area (Å²) in [4.78, 5) is 9.61. The Morgan fingerprint density at radius 2 is 0.875 bits per heavy atom. The van der Waals surface area contributed by atoms with Crippen molar-refractivity contribution >= 4 is 0 Å². The molecule has 18 nitrogen and oxygen atoms in total. The summed E-state index contributed by atoms with van der Waals surface area (Å²) >= 11 is 0. The van der Waals surface area contributed by atoms with Gasteiger partial charge in [0.1, 0.15) is 0 Å². The molecule has 12 aliphatic carbocycles. The summed E-state index contributed by atoms with van der Waals surface area (Å²) < 4.78 is 27.9. The molecule has 4 saturated heterocycles. The topological polar surface area (TPSA) is 241 Å². The van der Waals surface area contributed by atoms with E-state index in [9.17, 15) is 46.0 Å². The Bertz CT molecular complexity index is 3280. The maximum Gasteiger partial charge on any atom is 0.0942 e. The molecule has 19 heteroatoms. The van der Waals surface area contributed by atoms with Gasteiger partial charge in [0.15, 0.2) is 0 Å². The predicted molar refractivity (Wildman–Crippen MR) is 479 cm³/mol. The summed E-state index contributed by atoms with van der Waals surface area (Å²) in [7, 11) is 1.82. The normalized spacial score (nSPS) is 44.0. The summed E-state index contributed by atoms with van der Waals surface area (Å²) in [6, 6.07) is 11.0. The van der Waals surface area contributed by atoms with Gasteiger partial charge in [0.2, 0.25) is 0 Å². The molecule has 1 aromatic carbocycles. The van der Waals surface area contributed by atoms with Gasteiger partial charge in [0, 0.05) is 112 Å². The first-order chi connectivity index (χ1) is 55.1. The molecule has 16 aliphatic rings. The standard InChI is InChI=1S/C15H29NO3.2C14H25NO2.C13H19NO.C13H22O2.2C11H20O.C10H18O2.Pr/c1-12(2)15(18-4)6-5-14(3,17)13(11-15)16-7-9-19-10-8-16;1-13(2)10-8-12(14(3,16)9-11(10)13)15-4-6-17-7-5-15;1-11(2)12-4-5-14(3,16)13(10-12)15-6-8-17-9-7-15;1-11(14-9-5-6-10-14)13(15)12-7-3-2-4-8-12;1-5-6-15-13(4)8-10-9(7-11(13)14)12(10,2)3;1-10(2)6-8-7(5-9(10)12)11(8,3)4;1-7-5-8-9(10(8,2)3)6-11(7,4)12;1-9(2)6-4-8(11)10(3,12)5-7(6)9;/h12-13,17H,5-11H2,1-4H3;10-12,16H,4-9H2,1-3H3;12-13,16H,1,4-10H2,2-3H3;2-4,7-8,11,13,15H,5-6,9-10H2,1H3;5,9-11,14H,1,6-8H2,2-4H3;2*7-9,12H,5-6H2,1-4H3;6-8,11-12H,4-5H2,1-3H3;/t;10-,11+,12?,14?;12?,13?,14-;11-,13?;9-,10+,11?,13?;7-,8+,9?;7?,8-,9+,11?;6-,7+,8?,10?;/m.1111111./s1. The Balaban J connectivity index is 0.000000157. The monoisotopic (exact) mass is 1810 g/mol. The van der Waals surface area contributed by atoms with Crippen LogP contribution in [0.3, 0.4) is 0 Å². The first-order valence-electron chi connectivity index (χ1n) is 47.7. The van der Waals surface area contributed by atoms with Gasteiger partial charge < -0.3 is 69.6 Å². The molecule has 0 aromatic heterocycles. The summed E-state index contributed by atoms with van der Waals surface area (Å²) in [5.74, 6) is 9.20. The van der Waals surface area contributed by atoms with Crippen molar-refractivity contribution in [3.63, 3.8) is 0 Å². The van der Waals surface area contributed by atoms with E-state index in [4.69, 9.17) is 23.7 Å². The van der Waals surface area contributed by atoms with Crippen LogP contribution in [0.25, 0.3) is 0 Å². The number of fused-ring (bicyclic) bond motifs is 5. The van der Waals surface area contributed by atoms with Crippen LogP contribution in [0.1, 0.15) is 286 Å². The number of morpholine rings is 3. The van der Waals surface area contributed by atoms with E-state index in [-0.39, 0.29) is 94.3 Å². The molecule has 4 aliphatic heterocycles.